The molecule has 2 saturated carbocycles. The van der Waals surface area contributed by atoms with E-state index in [1.807, 2.05) is 18.2 Å². The zero-order valence-electron chi connectivity index (χ0n) is 22.6. The topological polar surface area (TPSA) is 166 Å². The second-order valence-electron chi connectivity index (χ2n) is 11.4. The summed E-state index contributed by atoms with van der Waals surface area (Å²) in [4.78, 5) is 67.9. The first-order valence-corrected chi connectivity index (χ1v) is 15.7. The monoisotopic (exact) mass is 621 g/mol. The van der Waals surface area contributed by atoms with E-state index < -0.39 is 17.8 Å². The molecule has 7 atom stereocenters. The quantitative estimate of drug-likeness (QED) is 0.218. The van der Waals surface area contributed by atoms with Crippen LogP contribution in [0.25, 0.3) is 0 Å². The lowest BCUT2D eigenvalue weighted by molar-refractivity contribution is -0.142. The van der Waals surface area contributed by atoms with Crippen LogP contribution < -0.4 is 14.9 Å². The van der Waals surface area contributed by atoms with Crippen LogP contribution >= 0.6 is 23.1 Å². The minimum Gasteiger partial charge on any atom is -0.508 e. The molecule has 2 aliphatic heterocycles. The Labute approximate surface area is 253 Å². The van der Waals surface area contributed by atoms with Crippen LogP contribution in [0.5, 0.6) is 11.5 Å². The molecule has 11 nitrogen and oxygen atoms in total. The average Bonchev–Trinajstić information content (AvgIpc) is 3.71. The van der Waals surface area contributed by atoms with E-state index in [0.29, 0.717) is 11.4 Å². The number of carbonyl (C=O) groups excluding carboxylic acids is 3. The molecule has 2 bridgehead atoms. The van der Waals surface area contributed by atoms with Crippen molar-refractivity contribution in [2.75, 3.05) is 18.5 Å². The van der Waals surface area contributed by atoms with Crippen molar-refractivity contribution in [2.45, 2.75) is 29.0 Å². The first-order chi connectivity index (χ1) is 20.7. The van der Waals surface area contributed by atoms with Gasteiger partial charge in [0.1, 0.15) is 11.5 Å². The third-order valence-electron chi connectivity index (χ3n) is 9.10. The second kappa shape index (κ2) is 10.6. The number of aromatic hydroxyl groups is 1. The number of amides is 3. The summed E-state index contributed by atoms with van der Waals surface area (Å²) in [7, 11) is 0. The van der Waals surface area contributed by atoms with Gasteiger partial charge in [0.25, 0.3) is 5.91 Å². The number of thiazole rings is 1. The predicted molar refractivity (Wildman–Crippen MR) is 156 cm³/mol. The van der Waals surface area contributed by atoms with E-state index in [9.17, 15) is 29.1 Å². The minimum absolute atomic E-state index is 0.00540. The molecule has 3 heterocycles. The van der Waals surface area contributed by atoms with Crippen molar-refractivity contribution < 1.29 is 34.1 Å². The highest BCUT2D eigenvalue weighted by Crippen LogP contribution is 2.68. The molecule has 0 spiro atoms. The molecular formula is C30H27N3O8S2. The summed E-state index contributed by atoms with van der Waals surface area (Å²) in [5, 5.41) is 22.1. The number of thioether (sulfide) groups is 1. The molecule has 4 N–H and O–H groups in total. The number of carboxylic acid groups (broad SMARTS) is 1. The molecule has 3 aromatic rings. The summed E-state index contributed by atoms with van der Waals surface area (Å²) in [6, 6.07) is 13.5. The van der Waals surface area contributed by atoms with E-state index in [2.05, 4.69) is 10.3 Å². The number of hydrogen-bond acceptors (Lipinski definition) is 9. The summed E-state index contributed by atoms with van der Waals surface area (Å²) in [5.74, 6) is -2.74. The van der Waals surface area contributed by atoms with Gasteiger partial charge in [-0.25, -0.2) is 0 Å². The van der Waals surface area contributed by atoms with Gasteiger partial charge < -0.3 is 25.3 Å². The van der Waals surface area contributed by atoms with E-state index in [-0.39, 0.29) is 76.8 Å². The fourth-order valence-electron chi connectivity index (χ4n) is 7.57. The number of phenols is 1. The Morgan fingerprint density at radius 3 is 2.53 bits per heavy atom. The van der Waals surface area contributed by atoms with Gasteiger partial charge in [-0.1, -0.05) is 23.5 Å². The smallest absolute Gasteiger partial charge is 0.305 e. The van der Waals surface area contributed by atoms with Crippen LogP contribution in [0.15, 0.2) is 58.4 Å². The van der Waals surface area contributed by atoms with Gasteiger partial charge in [0, 0.05) is 28.3 Å². The van der Waals surface area contributed by atoms with Crippen LogP contribution in [0.1, 0.15) is 29.2 Å². The number of nitrogens with one attached hydrogen (secondary N) is 2. The highest BCUT2D eigenvalue weighted by atomic mass is 32.2. The normalized spacial score (nSPS) is 28.4. The van der Waals surface area contributed by atoms with Gasteiger partial charge in [-0.05, 0) is 66.1 Å². The molecule has 1 aromatic heterocycles. The van der Waals surface area contributed by atoms with Crippen molar-refractivity contribution in [1.29, 1.82) is 0 Å². The SMILES string of the molecule is O=C(O)CCN1C(=O)C2C3CC(C2C1=O)C1C3Sc2[nH]c(=O)sc2[C@@H]1c1cccc(OCC(=O)Nc2ccc(O)cc2)c1. The lowest BCUT2D eigenvalue weighted by atomic mass is 9.68. The molecule has 4 aliphatic rings. The minimum atomic E-state index is -1.06. The van der Waals surface area contributed by atoms with Crippen molar-refractivity contribution in [1.82, 2.24) is 9.88 Å². The maximum atomic E-state index is 13.5. The standard InChI is InChI=1S/C30H27N3O8S2/c34-15-6-4-14(5-7-15)31-19(35)12-41-16-3-1-2-13(10-16)21-22-17-11-18(25(22)42-27-26(21)43-30(40)32-27)24-23(17)28(38)33(29(24)39)9-8-20(36)37/h1-7,10,17-18,21-25,34H,8-9,11-12H2,(H,31,35)(H,32,40)(H,36,37)/t17?,18?,21-,22?,23?,24?,25?/m1/s1. The van der Waals surface area contributed by atoms with E-state index in [1.54, 1.807) is 30.0 Å². The summed E-state index contributed by atoms with van der Waals surface area (Å²) >= 11 is 2.73. The van der Waals surface area contributed by atoms with Crippen LogP contribution in [0, 0.1) is 29.6 Å². The average molecular weight is 622 g/mol. The Hall–Kier alpha value is -4.10. The Balaban J connectivity index is 1.15. The Morgan fingerprint density at radius 2 is 1.79 bits per heavy atom. The molecule has 1 saturated heterocycles. The number of ether oxygens (including phenoxy) is 1. The number of anilines is 1. The third kappa shape index (κ3) is 4.70. The Bertz CT molecular complexity index is 1700. The number of hydrogen-bond donors (Lipinski definition) is 4. The van der Waals surface area contributed by atoms with Gasteiger partial charge in [0.15, 0.2) is 6.61 Å². The molecule has 13 heteroatoms. The fourth-order valence-corrected chi connectivity index (χ4v) is 10.5. The first-order valence-electron chi connectivity index (χ1n) is 14.0. The number of H-pyrrole nitrogens is 1. The molecule has 2 aliphatic carbocycles. The maximum absolute atomic E-state index is 13.5. The van der Waals surface area contributed by atoms with Gasteiger partial charge in [-0.3, -0.25) is 28.9 Å². The molecule has 0 radical (unpaired) electrons. The van der Waals surface area contributed by atoms with Gasteiger partial charge in [-0.2, -0.15) is 0 Å². The summed E-state index contributed by atoms with van der Waals surface area (Å²) in [6.07, 6.45) is 0.444. The van der Waals surface area contributed by atoms with E-state index >= 15 is 0 Å². The number of aromatic amines is 1. The number of carboxylic acids is 1. The lowest BCUT2D eigenvalue weighted by Crippen LogP contribution is -2.42. The molecule has 6 unspecified atom stereocenters. The number of likely N-dealkylation sites (tertiary alicyclic amines) is 1. The number of carbonyl (C=O) groups is 4. The summed E-state index contributed by atoms with van der Waals surface area (Å²) in [5.41, 5.74) is 1.42. The number of phenolic OH excluding ortho intramolecular Hbond substituents is 1. The van der Waals surface area contributed by atoms with Crippen LogP contribution in [-0.2, 0) is 19.2 Å². The largest absolute Gasteiger partial charge is 0.508 e. The second-order valence-corrected chi connectivity index (χ2v) is 13.6. The highest BCUT2D eigenvalue weighted by Gasteiger charge is 2.69. The first kappa shape index (κ1) is 27.7. The van der Waals surface area contributed by atoms with E-state index in [4.69, 9.17) is 9.84 Å². The van der Waals surface area contributed by atoms with E-state index in [1.165, 1.54) is 12.1 Å². The van der Waals surface area contributed by atoms with Crippen molar-refractivity contribution in [3.05, 3.63) is 68.6 Å². The van der Waals surface area contributed by atoms with Crippen molar-refractivity contribution in [3.8, 4) is 11.5 Å². The van der Waals surface area contributed by atoms with Gasteiger partial charge in [0.2, 0.25) is 11.8 Å². The highest BCUT2D eigenvalue weighted by molar-refractivity contribution is 8.00. The van der Waals surface area contributed by atoms with Crippen LogP contribution in [-0.4, -0.2) is 62.2 Å². The molecule has 3 fully saturated rings. The zero-order chi connectivity index (χ0) is 30.0. The van der Waals surface area contributed by atoms with Crippen LogP contribution in [0.4, 0.5) is 5.69 Å². The van der Waals surface area contributed by atoms with Gasteiger partial charge in [-0.15, -0.1) is 11.8 Å². The van der Waals surface area contributed by atoms with Gasteiger partial charge >= 0.3 is 10.8 Å². The summed E-state index contributed by atoms with van der Waals surface area (Å²) < 4.78 is 5.84. The molecule has 7 rings (SSSR count). The lowest BCUT2D eigenvalue weighted by Gasteiger charge is -2.43. The molecule has 2 aromatic carbocycles. The summed E-state index contributed by atoms with van der Waals surface area (Å²) in [6.45, 7) is -0.359. The van der Waals surface area contributed by atoms with Crippen molar-refractivity contribution in [2.24, 2.45) is 29.6 Å². The van der Waals surface area contributed by atoms with Gasteiger partial charge in [0.05, 0.1) is 23.3 Å². The zero-order valence-corrected chi connectivity index (χ0v) is 24.2. The van der Waals surface area contributed by atoms with Crippen LogP contribution in [0.2, 0.25) is 0 Å². The van der Waals surface area contributed by atoms with Crippen molar-refractivity contribution in [3.63, 3.8) is 0 Å². The molecule has 43 heavy (non-hydrogen) atoms. The van der Waals surface area contributed by atoms with Crippen molar-refractivity contribution >= 4 is 52.5 Å². The fraction of sp³-hybridized carbons (Fsp3) is 0.367. The maximum Gasteiger partial charge on any atom is 0.305 e. The molecular weight excluding hydrogens is 594 g/mol. The Kier molecular flexibility index (Phi) is 6.81. The number of fused-ring (bicyclic) bond motifs is 9. The number of nitrogens with zero attached hydrogens (tertiary/aromatic N) is 1. The van der Waals surface area contributed by atoms with Crippen LogP contribution in [0.3, 0.4) is 0 Å². The third-order valence-corrected chi connectivity index (χ3v) is 11.7. The number of aromatic nitrogens is 1. The Morgan fingerprint density at radius 1 is 1.05 bits per heavy atom. The number of rotatable bonds is 8. The number of aliphatic carboxylic acids is 1. The number of imide groups is 1. The molecule has 3 amide bonds. The number of benzene rings is 2. The molecule has 222 valence electrons. The predicted octanol–water partition coefficient (Wildman–Crippen LogP) is 3.11. The van der Waals surface area contributed by atoms with E-state index in [0.717, 1.165) is 38.1 Å².